The molecule has 1 aliphatic carbocycles. The zero-order valence-corrected chi connectivity index (χ0v) is 14.3. The Morgan fingerprint density at radius 1 is 1.29 bits per heavy atom. The van der Waals surface area contributed by atoms with Gasteiger partial charge in [0.2, 0.25) is 0 Å². The van der Waals surface area contributed by atoms with Crippen LogP contribution < -0.4 is 5.32 Å². The molecule has 0 bridgehead atoms. The summed E-state index contributed by atoms with van der Waals surface area (Å²) < 4.78 is 14.0. The minimum atomic E-state index is -0.215. The molecule has 1 atom stereocenters. The number of hydrogen-bond acceptors (Lipinski definition) is 4. The predicted molar refractivity (Wildman–Crippen MR) is 98.6 cm³/mol. The van der Waals surface area contributed by atoms with E-state index < -0.39 is 0 Å². The fourth-order valence-corrected chi connectivity index (χ4v) is 4.67. The van der Waals surface area contributed by atoms with E-state index in [0.717, 1.165) is 45.9 Å². The van der Waals surface area contributed by atoms with Crippen LogP contribution in [0, 0.1) is 5.82 Å². The van der Waals surface area contributed by atoms with Gasteiger partial charge in [0.05, 0.1) is 22.9 Å². The van der Waals surface area contributed by atoms with Gasteiger partial charge < -0.3 is 15.4 Å². The molecule has 0 saturated heterocycles. The first-order valence-corrected chi connectivity index (χ1v) is 9.62. The summed E-state index contributed by atoms with van der Waals surface area (Å²) in [5, 5.41) is 14.4. The number of aliphatic imine (C=N–C) groups is 1. The van der Waals surface area contributed by atoms with E-state index >= 15 is 0 Å². The van der Waals surface area contributed by atoms with Gasteiger partial charge in [-0.15, -0.1) is 11.8 Å². The number of benzene rings is 1. The SMILES string of the molecule is OCCC1CSC(c2cc3cc(F)cc(NC4CCCC4)c3[nH]2)=N1. The van der Waals surface area contributed by atoms with E-state index in [1.165, 1.54) is 12.8 Å². The van der Waals surface area contributed by atoms with Crippen molar-refractivity contribution < 1.29 is 9.50 Å². The van der Waals surface area contributed by atoms with Crippen LogP contribution in [0.3, 0.4) is 0 Å². The van der Waals surface area contributed by atoms with Crippen LogP contribution >= 0.6 is 11.8 Å². The molecule has 6 heteroatoms. The van der Waals surface area contributed by atoms with Crippen LogP contribution in [0.5, 0.6) is 0 Å². The average molecular weight is 347 g/mol. The summed E-state index contributed by atoms with van der Waals surface area (Å²) in [6.45, 7) is 0.162. The van der Waals surface area contributed by atoms with Crippen molar-refractivity contribution in [1.82, 2.24) is 4.98 Å². The second-order valence-electron chi connectivity index (χ2n) is 6.64. The van der Waals surface area contributed by atoms with E-state index in [-0.39, 0.29) is 18.5 Å². The van der Waals surface area contributed by atoms with Gasteiger partial charge in [0.25, 0.3) is 0 Å². The van der Waals surface area contributed by atoms with Gasteiger partial charge in [0, 0.05) is 23.8 Å². The number of nitrogens with zero attached hydrogens (tertiary/aromatic N) is 1. The summed E-state index contributed by atoms with van der Waals surface area (Å²) in [4.78, 5) is 8.10. The van der Waals surface area contributed by atoms with E-state index in [1.807, 2.05) is 6.07 Å². The molecule has 128 valence electrons. The Hall–Kier alpha value is -1.53. The molecule has 2 aromatic rings. The standard InChI is InChI=1S/C18H22FN3OS/c19-12-7-11-8-16(18-21-14(5-6-23)10-24-18)22-17(11)15(9-12)20-13-3-1-2-4-13/h7-9,13-14,20,22-23H,1-6,10H2. The molecule has 0 spiro atoms. The topological polar surface area (TPSA) is 60.4 Å². The lowest BCUT2D eigenvalue weighted by atomic mass is 10.2. The third-order valence-corrected chi connectivity index (χ3v) is 5.96. The van der Waals surface area contributed by atoms with E-state index in [4.69, 9.17) is 5.11 Å². The second-order valence-corrected chi connectivity index (χ2v) is 7.65. The molecule has 1 aromatic heterocycles. The van der Waals surface area contributed by atoms with Crippen molar-refractivity contribution >= 4 is 33.4 Å². The Balaban J connectivity index is 1.66. The highest BCUT2D eigenvalue weighted by atomic mass is 32.2. The molecule has 0 radical (unpaired) electrons. The van der Waals surface area contributed by atoms with E-state index in [1.54, 1.807) is 23.9 Å². The van der Waals surface area contributed by atoms with Gasteiger partial charge in [-0.05, 0) is 37.5 Å². The van der Waals surface area contributed by atoms with E-state index in [0.29, 0.717) is 12.5 Å². The van der Waals surface area contributed by atoms with Crippen LogP contribution in [0.25, 0.3) is 10.9 Å². The number of aliphatic hydroxyl groups is 1. The molecule has 1 aliphatic heterocycles. The Morgan fingerprint density at radius 2 is 2.12 bits per heavy atom. The monoisotopic (exact) mass is 347 g/mol. The lowest BCUT2D eigenvalue weighted by Gasteiger charge is -2.14. The van der Waals surface area contributed by atoms with Crippen molar-refractivity contribution in [3.05, 3.63) is 29.7 Å². The zero-order chi connectivity index (χ0) is 16.5. The number of hydrogen-bond donors (Lipinski definition) is 3. The Bertz CT molecular complexity index is 767. The highest BCUT2D eigenvalue weighted by molar-refractivity contribution is 8.14. The van der Waals surface area contributed by atoms with Gasteiger partial charge in [-0.1, -0.05) is 12.8 Å². The molecule has 1 aromatic carbocycles. The number of thioether (sulfide) groups is 1. The highest BCUT2D eigenvalue weighted by Gasteiger charge is 2.22. The molecule has 4 nitrogen and oxygen atoms in total. The molecule has 24 heavy (non-hydrogen) atoms. The fourth-order valence-electron chi connectivity index (χ4n) is 3.59. The summed E-state index contributed by atoms with van der Waals surface area (Å²) in [6.07, 6.45) is 5.48. The molecule has 1 unspecified atom stereocenters. The Kier molecular flexibility index (Phi) is 4.50. The normalized spacial score (nSPS) is 21.6. The molecular weight excluding hydrogens is 325 g/mol. The Morgan fingerprint density at radius 3 is 2.92 bits per heavy atom. The third kappa shape index (κ3) is 3.17. The number of H-pyrrole nitrogens is 1. The summed E-state index contributed by atoms with van der Waals surface area (Å²) in [5.74, 6) is 0.681. The van der Waals surface area contributed by atoms with Crippen molar-refractivity contribution in [3.63, 3.8) is 0 Å². The molecular formula is C18H22FN3OS. The van der Waals surface area contributed by atoms with Crippen molar-refractivity contribution in [2.75, 3.05) is 17.7 Å². The van der Waals surface area contributed by atoms with Gasteiger partial charge in [-0.3, -0.25) is 4.99 Å². The summed E-state index contributed by atoms with van der Waals surface area (Å²) in [6, 6.07) is 5.74. The number of aliphatic hydroxyl groups excluding tert-OH is 1. The molecule has 1 fully saturated rings. The van der Waals surface area contributed by atoms with Crippen LogP contribution in [0.4, 0.5) is 10.1 Å². The summed E-state index contributed by atoms with van der Waals surface area (Å²) >= 11 is 1.70. The van der Waals surface area contributed by atoms with E-state index in [2.05, 4.69) is 15.3 Å². The van der Waals surface area contributed by atoms with Crippen LogP contribution in [-0.2, 0) is 0 Å². The van der Waals surface area contributed by atoms with Gasteiger partial charge in [0.15, 0.2) is 0 Å². The number of aromatic nitrogens is 1. The van der Waals surface area contributed by atoms with Crippen LogP contribution in [-0.4, -0.2) is 39.6 Å². The van der Waals surface area contributed by atoms with Crippen molar-refractivity contribution in [2.24, 2.45) is 4.99 Å². The second kappa shape index (κ2) is 6.76. The van der Waals surface area contributed by atoms with Crippen molar-refractivity contribution in [2.45, 2.75) is 44.2 Å². The molecule has 0 amide bonds. The molecule has 2 heterocycles. The van der Waals surface area contributed by atoms with Crippen LogP contribution in [0.15, 0.2) is 23.2 Å². The van der Waals surface area contributed by atoms with E-state index in [9.17, 15) is 4.39 Å². The summed E-state index contributed by atoms with van der Waals surface area (Å²) in [5.41, 5.74) is 2.74. The summed E-state index contributed by atoms with van der Waals surface area (Å²) in [7, 11) is 0. The minimum Gasteiger partial charge on any atom is -0.396 e. The number of nitrogens with one attached hydrogen (secondary N) is 2. The highest BCUT2D eigenvalue weighted by Crippen LogP contribution is 2.32. The first-order valence-electron chi connectivity index (χ1n) is 8.63. The average Bonchev–Trinajstić information content (AvgIpc) is 3.26. The van der Waals surface area contributed by atoms with Crippen LogP contribution in [0.2, 0.25) is 0 Å². The minimum absolute atomic E-state index is 0.162. The van der Waals surface area contributed by atoms with Gasteiger partial charge in [-0.2, -0.15) is 0 Å². The number of anilines is 1. The lowest BCUT2D eigenvalue weighted by molar-refractivity contribution is 0.280. The first kappa shape index (κ1) is 16.0. The van der Waals surface area contributed by atoms with Gasteiger partial charge in [0.1, 0.15) is 10.9 Å². The maximum absolute atomic E-state index is 14.0. The van der Waals surface area contributed by atoms with Gasteiger partial charge >= 0.3 is 0 Å². The molecule has 1 saturated carbocycles. The smallest absolute Gasteiger partial charge is 0.126 e. The van der Waals surface area contributed by atoms with Crippen molar-refractivity contribution in [3.8, 4) is 0 Å². The van der Waals surface area contributed by atoms with Crippen LogP contribution in [0.1, 0.15) is 37.8 Å². The maximum Gasteiger partial charge on any atom is 0.126 e. The number of halogens is 1. The zero-order valence-electron chi connectivity index (χ0n) is 13.5. The fraction of sp³-hybridized carbons (Fsp3) is 0.500. The number of fused-ring (bicyclic) bond motifs is 1. The lowest BCUT2D eigenvalue weighted by Crippen LogP contribution is -2.14. The number of rotatable bonds is 5. The van der Waals surface area contributed by atoms with Gasteiger partial charge in [-0.25, -0.2) is 4.39 Å². The third-order valence-electron chi connectivity index (χ3n) is 4.81. The largest absolute Gasteiger partial charge is 0.396 e. The Labute approximate surface area is 144 Å². The molecule has 2 aliphatic rings. The quantitative estimate of drug-likeness (QED) is 0.769. The first-order chi connectivity index (χ1) is 11.7. The predicted octanol–water partition coefficient (Wildman–Crippen LogP) is 3.91. The van der Waals surface area contributed by atoms with Crippen molar-refractivity contribution in [1.29, 1.82) is 0 Å². The maximum atomic E-state index is 14.0. The molecule has 4 rings (SSSR count). The molecule has 3 N–H and O–H groups in total. The number of aromatic amines is 1.